The number of aromatic nitrogens is 1. The standard InChI is InChI=1S/C15H24N2S/c1-11-5-4-8-15(16,9-11)14-17-13(10-18-14)12-6-2-3-7-12/h10-12H,2-9,16H2,1H3. The number of thiazole rings is 1. The largest absolute Gasteiger partial charge is 0.319 e. The molecule has 0 aromatic carbocycles. The third-order valence-corrected chi connectivity index (χ3v) is 5.83. The molecule has 2 unspecified atom stereocenters. The van der Waals surface area contributed by atoms with Crippen LogP contribution >= 0.6 is 11.3 Å². The first-order valence-corrected chi connectivity index (χ1v) is 8.30. The van der Waals surface area contributed by atoms with E-state index in [4.69, 9.17) is 10.7 Å². The van der Waals surface area contributed by atoms with E-state index in [2.05, 4.69) is 12.3 Å². The van der Waals surface area contributed by atoms with Crippen LogP contribution in [0.3, 0.4) is 0 Å². The maximum absolute atomic E-state index is 6.63. The Kier molecular flexibility index (Phi) is 3.46. The zero-order valence-corrected chi connectivity index (χ0v) is 12.1. The van der Waals surface area contributed by atoms with E-state index in [1.807, 2.05) is 11.3 Å². The van der Waals surface area contributed by atoms with Crippen LogP contribution in [0, 0.1) is 5.92 Å². The third kappa shape index (κ3) is 2.35. The molecule has 2 aliphatic rings. The molecule has 3 heteroatoms. The highest BCUT2D eigenvalue weighted by molar-refractivity contribution is 7.09. The van der Waals surface area contributed by atoms with Crippen LogP contribution in [-0.4, -0.2) is 4.98 Å². The van der Waals surface area contributed by atoms with Gasteiger partial charge in [0.2, 0.25) is 0 Å². The summed E-state index contributed by atoms with van der Waals surface area (Å²) in [5.41, 5.74) is 7.83. The highest BCUT2D eigenvalue weighted by atomic mass is 32.1. The van der Waals surface area contributed by atoms with E-state index in [0.29, 0.717) is 0 Å². The van der Waals surface area contributed by atoms with E-state index in [1.54, 1.807) is 0 Å². The molecule has 0 amide bonds. The smallest absolute Gasteiger partial charge is 0.113 e. The quantitative estimate of drug-likeness (QED) is 0.871. The molecule has 0 saturated heterocycles. The number of rotatable bonds is 2. The van der Waals surface area contributed by atoms with Gasteiger partial charge in [0, 0.05) is 11.3 Å². The van der Waals surface area contributed by atoms with E-state index in [-0.39, 0.29) is 5.54 Å². The molecule has 1 heterocycles. The lowest BCUT2D eigenvalue weighted by atomic mass is 9.77. The summed E-state index contributed by atoms with van der Waals surface area (Å²) < 4.78 is 0. The van der Waals surface area contributed by atoms with Crippen molar-refractivity contribution in [3.05, 3.63) is 16.1 Å². The van der Waals surface area contributed by atoms with E-state index < -0.39 is 0 Å². The number of hydrogen-bond acceptors (Lipinski definition) is 3. The summed E-state index contributed by atoms with van der Waals surface area (Å²) in [5.74, 6) is 1.47. The predicted molar refractivity (Wildman–Crippen MR) is 76.8 cm³/mol. The summed E-state index contributed by atoms with van der Waals surface area (Å²) in [6.45, 7) is 2.33. The number of nitrogens with zero attached hydrogens (tertiary/aromatic N) is 1. The van der Waals surface area contributed by atoms with Gasteiger partial charge in [0.15, 0.2) is 0 Å². The molecule has 3 rings (SSSR count). The molecular weight excluding hydrogens is 240 g/mol. The summed E-state index contributed by atoms with van der Waals surface area (Å²) >= 11 is 1.81. The second kappa shape index (κ2) is 4.93. The Balaban J connectivity index is 1.79. The van der Waals surface area contributed by atoms with Gasteiger partial charge in [0.25, 0.3) is 0 Å². The Hall–Kier alpha value is -0.410. The second-order valence-corrected chi connectivity index (χ2v) is 7.27. The molecular formula is C15H24N2S. The van der Waals surface area contributed by atoms with Crippen molar-refractivity contribution in [2.75, 3.05) is 0 Å². The fourth-order valence-electron chi connectivity index (χ4n) is 3.71. The monoisotopic (exact) mass is 264 g/mol. The van der Waals surface area contributed by atoms with Gasteiger partial charge in [-0.05, 0) is 31.6 Å². The summed E-state index contributed by atoms with van der Waals surface area (Å²) in [6, 6.07) is 0. The van der Waals surface area contributed by atoms with Crippen molar-refractivity contribution in [3.63, 3.8) is 0 Å². The van der Waals surface area contributed by atoms with Crippen LogP contribution in [-0.2, 0) is 5.54 Å². The Morgan fingerprint density at radius 2 is 2.06 bits per heavy atom. The van der Waals surface area contributed by atoms with Crippen molar-refractivity contribution < 1.29 is 0 Å². The maximum Gasteiger partial charge on any atom is 0.113 e. The molecule has 2 aliphatic carbocycles. The highest BCUT2D eigenvalue weighted by Gasteiger charge is 2.35. The molecule has 2 saturated carbocycles. The fraction of sp³-hybridized carbons (Fsp3) is 0.800. The van der Waals surface area contributed by atoms with E-state index in [9.17, 15) is 0 Å². The van der Waals surface area contributed by atoms with Crippen LogP contribution in [0.5, 0.6) is 0 Å². The lowest BCUT2D eigenvalue weighted by molar-refractivity contribution is 0.238. The molecule has 18 heavy (non-hydrogen) atoms. The Morgan fingerprint density at radius 3 is 2.78 bits per heavy atom. The maximum atomic E-state index is 6.63. The summed E-state index contributed by atoms with van der Waals surface area (Å²) in [5, 5.41) is 3.48. The SMILES string of the molecule is CC1CCCC(N)(c2nc(C3CCCC3)cs2)C1. The molecule has 1 aromatic rings. The van der Waals surface area contributed by atoms with Gasteiger partial charge in [-0.25, -0.2) is 4.98 Å². The summed E-state index contributed by atoms with van der Waals surface area (Å²) in [7, 11) is 0. The van der Waals surface area contributed by atoms with E-state index in [1.165, 1.54) is 49.2 Å². The van der Waals surface area contributed by atoms with Crippen molar-refractivity contribution in [1.82, 2.24) is 4.98 Å². The predicted octanol–water partition coefficient (Wildman–Crippen LogP) is 4.16. The van der Waals surface area contributed by atoms with E-state index >= 15 is 0 Å². The zero-order chi connectivity index (χ0) is 12.6. The highest BCUT2D eigenvalue weighted by Crippen LogP contribution is 2.41. The van der Waals surface area contributed by atoms with Gasteiger partial charge in [0.1, 0.15) is 5.01 Å². The van der Waals surface area contributed by atoms with Crippen LogP contribution in [0.25, 0.3) is 0 Å². The van der Waals surface area contributed by atoms with Crippen molar-refractivity contribution in [1.29, 1.82) is 0 Å². The van der Waals surface area contributed by atoms with Crippen LogP contribution in [0.2, 0.25) is 0 Å². The first kappa shape index (κ1) is 12.6. The van der Waals surface area contributed by atoms with Gasteiger partial charge in [-0.3, -0.25) is 0 Å². The molecule has 0 spiro atoms. The van der Waals surface area contributed by atoms with E-state index in [0.717, 1.165) is 24.7 Å². The minimum Gasteiger partial charge on any atom is -0.319 e. The average molecular weight is 264 g/mol. The van der Waals surface area contributed by atoms with Gasteiger partial charge < -0.3 is 5.73 Å². The van der Waals surface area contributed by atoms with Gasteiger partial charge in [-0.15, -0.1) is 11.3 Å². The molecule has 0 bridgehead atoms. The Labute approximate surface area is 114 Å². The van der Waals surface area contributed by atoms with Gasteiger partial charge in [-0.1, -0.05) is 32.6 Å². The van der Waals surface area contributed by atoms with Gasteiger partial charge in [-0.2, -0.15) is 0 Å². The van der Waals surface area contributed by atoms with Crippen LogP contribution < -0.4 is 5.73 Å². The molecule has 2 atom stereocenters. The van der Waals surface area contributed by atoms with Crippen molar-refractivity contribution >= 4 is 11.3 Å². The minimum atomic E-state index is -0.126. The zero-order valence-electron chi connectivity index (χ0n) is 11.3. The lowest BCUT2D eigenvalue weighted by Gasteiger charge is -2.35. The molecule has 0 aliphatic heterocycles. The number of nitrogens with two attached hydrogens (primary N) is 1. The van der Waals surface area contributed by atoms with Crippen molar-refractivity contribution in [3.8, 4) is 0 Å². The van der Waals surface area contributed by atoms with Gasteiger partial charge in [0.05, 0.1) is 11.2 Å². The van der Waals surface area contributed by atoms with Gasteiger partial charge >= 0.3 is 0 Å². The molecule has 2 N–H and O–H groups in total. The topological polar surface area (TPSA) is 38.9 Å². The average Bonchev–Trinajstić information content (AvgIpc) is 3.00. The minimum absolute atomic E-state index is 0.126. The van der Waals surface area contributed by atoms with Crippen molar-refractivity contribution in [2.24, 2.45) is 11.7 Å². The third-order valence-electron chi connectivity index (χ3n) is 4.75. The molecule has 2 fully saturated rings. The van der Waals surface area contributed by atoms with Crippen molar-refractivity contribution in [2.45, 2.75) is 69.7 Å². The number of hydrogen-bond donors (Lipinski definition) is 1. The van der Waals surface area contributed by atoms with Crippen LogP contribution in [0.1, 0.15) is 74.9 Å². The fourth-order valence-corrected chi connectivity index (χ4v) is 4.77. The molecule has 0 radical (unpaired) electrons. The lowest BCUT2D eigenvalue weighted by Crippen LogP contribution is -2.40. The molecule has 1 aromatic heterocycles. The first-order chi connectivity index (χ1) is 8.67. The van der Waals surface area contributed by atoms with Crippen LogP contribution in [0.4, 0.5) is 0 Å². The molecule has 100 valence electrons. The first-order valence-electron chi connectivity index (χ1n) is 7.42. The summed E-state index contributed by atoms with van der Waals surface area (Å²) in [6.07, 6.45) is 10.2. The normalized spacial score (nSPS) is 34.0. The Bertz CT molecular complexity index is 408. The van der Waals surface area contributed by atoms with Crippen LogP contribution in [0.15, 0.2) is 5.38 Å². The summed E-state index contributed by atoms with van der Waals surface area (Å²) in [4.78, 5) is 4.92. The second-order valence-electron chi connectivity index (χ2n) is 6.42. The molecule has 2 nitrogen and oxygen atoms in total. The Morgan fingerprint density at radius 1 is 1.28 bits per heavy atom.